The van der Waals surface area contributed by atoms with Gasteiger partial charge in [-0.05, 0) is 58.2 Å². The van der Waals surface area contributed by atoms with E-state index in [4.69, 9.17) is 27.8 Å². The minimum Gasteiger partial charge on any atom is -0.495 e. The number of nitrogens with one attached hydrogen (secondary N) is 1. The molecule has 10 nitrogen and oxygen atoms in total. The Kier molecular flexibility index (Phi) is 10.6. The Morgan fingerprint density at radius 2 is 1.92 bits per heavy atom. The topological polar surface area (TPSA) is 151 Å². The van der Waals surface area contributed by atoms with Crippen molar-refractivity contribution < 1.29 is 24.2 Å². The smallest absolute Gasteiger partial charge is 0.241 e. The number of amides is 3. The van der Waals surface area contributed by atoms with Gasteiger partial charge in [0.15, 0.2) is 0 Å². The molecule has 2 rings (SSSR count). The van der Waals surface area contributed by atoms with Gasteiger partial charge in [0.2, 0.25) is 17.7 Å². The van der Waals surface area contributed by atoms with Crippen LogP contribution in [-0.2, 0) is 14.4 Å². The standard InChI is InChI=1S/C27H44ClN5O5/c1-16(2)18(24(36)31-14-26(3,4)25(30)37)11-21(34)19(29)12-32-13-23(35)33(15-27(32,5)6)20-10-17(28)8-9-22(20)38-7/h8-10,16,18-19,21,34H,11-15,29H2,1-7H3,(H2,30,37)(H,31,36)/t18-,19-,21-/m0/s1. The van der Waals surface area contributed by atoms with E-state index in [0.717, 1.165) is 0 Å². The summed E-state index contributed by atoms with van der Waals surface area (Å²) in [6, 6.07) is 4.46. The second kappa shape index (κ2) is 12.6. The summed E-state index contributed by atoms with van der Waals surface area (Å²) in [6.45, 7) is 12.0. The SMILES string of the molecule is COc1ccc(Cl)cc1N1CC(C)(C)N(C[C@H](N)[C@@H](O)C[C@H](C(=O)NCC(C)(C)C(N)=O)C(C)C)CC1=O. The number of primary amides is 1. The zero-order valence-corrected chi connectivity index (χ0v) is 24.3. The first kappa shape index (κ1) is 31.8. The lowest BCUT2D eigenvalue weighted by Gasteiger charge is -2.48. The van der Waals surface area contributed by atoms with Crippen LogP contribution in [0.3, 0.4) is 0 Å². The number of ether oxygens (including phenoxy) is 1. The monoisotopic (exact) mass is 553 g/mol. The quantitative estimate of drug-likeness (QED) is 0.308. The highest BCUT2D eigenvalue weighted by Crippen LogP contribution is 2.35. The molecule has 3 amide bonds. The van der Waals surface area contributed by atoms with E-state index >= 15 is 0 Å². The number of nitrogens with zero attached hydrogens (tertiary/aromatic N) is 2. The van der Waals surface area contributed by atoms with Gasteiger partial charge in [0.05, 0.1) is 30.9 Å². The lowest BCUT2D eigenvalue weighted by Crippen LogP contribution is -2.64. The number of carbonyl (C=O) groups is 3. The van der Waals surface area contributed by atoms with Crippen molar-refractivity contribution in [3.63, 3.8) is 0 Å². The van der Waals surface area contributed by atoms with E-state index in [0.29, 0.717) is 23.0 Å². The normalized spacial score (nSPS) is 18.7. The van der Waals surface area contributed by atoms with E-state index in [1.165, 1.54) is 0 Å². The van der Waals surface area contributed by atoms with Crippen LogP contribution in [0.5, 0.6) is 5.75 Å². The highest BCUT2D eigenvalue weighted by molar-refractivity contribution is 6.31. The fourth-order valence-corrected chi connectivity index (χ4v) is 4.63. The molecule has 0 bridgehead atoms. The molecule has 11 heteroatoms. The molecule has 1 aromatic carbocycles. The molecule has 0 aliphatic carbocycles. The predicted octanol–water partition coefficient (Wildman–Crippen LogP) is 1.75. The number of hydrogen-bond acceptors (Lipinski definition) is 7. The third kappa shape index (κ3) is 7.81. The molecule has 214 valence electrons. The van der Waals surface area contributed by atoms with Crippen LogP contribution >= 0.6 is 11.6 Å². The van der Waals surface area contributed by atoms with Crippen LogP contribution in [0.1, 0.15) is 48.0 Å². The number of nitrogens with two attached hydrogens (primary N) is 2. The number of anilines is 1. The number of methoxy groups -OCH3 is 1. The van der Waals surface area contributed by atoms with Gasteiger partial charge < -0.3 is 31.5 Å². The van der Waals surface area contributed by atoms with Crippen LogP contribution in [0.4, 0.5) is 5.69 Å². The largest absolute Gasteiger partial charge is 0.495 e. The Morgan fingerprint density at radius 1 is 1.29 bits per heavy atom. The van der Waals surface area contributed by atoms with Gasteiger partial charge in [-0.1, -0.05) is 25.4 Å². The number of carbonyl (C=O) groups excluding carboxylic acids is 3. The summed E-state index contributed by atoms with van der Waals surface area (Å²) in [5.74, 6) is -0.934. The van der Waals surface area contributed by atoms with Crippen molar-refractivity contribution in [1.82, 2.24) is 10.2 Å². The number of piperazine rings is 1. The fraction of sp³-hybridized carbons (Fsp3) is 0.667. The molecule has 0 spiro atoms. The van der Waals surface area contributed by atoms with Crippen molar-refractivity contribution in [2.75, 3.05) is 38.2 Å². The summed E-state index contributed by atoms with van der Waals surface area (Å²) < 4.78 is 5.44. The molecule has 0 saturated carbocycles. The van der Waals surface area contributed by atoms with Crippen LogP contribution in [0.25, 0.3) is 0 Å². The Balaban J connectivity index is 2.07. The average Bonchev–Trinajstić information content (AvgIpc) is 2.82. The van der Waals surface area contributed by atoms with Crippen molar-refractivity contribution in [2.45, 2.75) is 65.6 Å². The zero-order chi connectivity index (χ0) is 29.0. The number of halogens is 1. The lowest BCUT2D eigenvalue weighted by atomic mass is 9.86. The summed E-state index contributed by atoms with van der Waals surface area (Å²) in [5.41, 5.74) is 11.1. The van der Waals surface area contributed by atoms with E-state index in [9.17, 15) is 19.5 Å². The molecule has 0 radical (unpaired) electrons. The maximum Gasteiger partial charge on any atom is 0.241 e. The van der Waals surface area contributed by atoms with Gasteiger partial charge in [-0.15, -0.1) is 0 Å². The van der Waals surface area contributed by atoms with Gasteiger partial charge in [0.1, 0.15) is 5.75 Å². The maximum absolute atomic E-state index is 13.2. The summed E-state index contributed by atoms with van der Waals surface area (Å²) in [5, 5.41) is 14.3. The number of rotatable bonds is 12. The van der Waals surface area contributed by atoms with E-state index in [-0.39, 0.29) is 43.8 Å². The van der Waals surface area contributed by atoms with Gasteiger partial charge >= 0.3 is 0 Å². The van der Waals surface area contributed by atoms with Crippen molar-refractivity contribution >= 4 is 35.0 Å². The van der Waals surface area contributed by atoms with E-state index < -0.39 is 34.9 Å². The summed E-state index contributed by atoms with van der Waals surface area (Å²) in [4.78, 5) is 41.3. The molecular weight excluding hydrogens is 510 g/mol. The Morgan fingerprint density at radius 3 is 2.47 bits per heavy atom. The highest BCUT2D eigenvalue weighted by Gasteiger charge is 2.41. The van der Waals surface area contributed by atoms with Crippen LogP contribution in [0.15, 0.2) is 18.2 Å². The molecule has 1 aliphatic rings. The zero-order valence-electron chi connectivity index (χ0n) is 23.6. The van der Waals surface area contributed by atoms with E-state index in [1.54, 1.807) is 44.1 Å². The number of benzene rings is 1. The highest BCUT2D eigenvalue weighted by atomic mass is 35.5. The molecule has 1 heterocycles. The molecule has 1 aromatic rings. The van der Waals surface area contributed by atoms with E-state index in [2.05, 4.69) is 5.32 Å². The summed E-state index contributed by atoms with van der Waals surface area (Å²) in [6.07, 6.45) is -0.829. The third-order valence-corrected chi connectivity index (χ3v) is 7.63. The van der Waals surface area contributed by atoms with Crippen LogP contribution in [0, 0.1) is 17.3 Å². The molecular formula is C27H44ClN5O5. The Bertz CT molecular complexity index is 1020. The summed E-state index contributed by atoms with van der Waals surface area (Å²) in [7, 11) is 1.54. The first-order valence-corrected chi connectivity index (χ1v) is 13.3. The van der Waals surface area contributed by atoms with Crippen molar-refractivity contribution in [3.8, 4) is 5.75 Å². The lowest BCUT2D eigenvalue weighted by molar-refractivity contribution is -0.130. The first-order valence-electron chi connectivity index (χ1n) is 12.9. The average molecular weight is 554 g/mol. The van der Waals surface area contributed by atoms with Gasteiger partial charge in [-0.2, -0.15) is 0 Å². The van der Waals surface area contributed by atoms with Crippen molar-refractivity contribution in [2.24, 2.45) is 28.7 Å². The number of aliphatic hydroxyl groups excluding tert-OH is 1. The molecule has 1 aliphatic heterocycles. The van der Waals surface area contributed by atoms with Gasteiger partial charge in [-0.25, -0.2) is 0 Å². The van der Waals surface area contributed by atoms with Gasteiger partial charge in [-0.3, -0.25) is 19.3 Å². The molecule has 0 unspecified atom stereocenters. The fourth-order valence-electron chi connectivity index (χ4n) is 4.46. The van der Waals surface area contributed by atoms with Crippen LogP contribution in [-0.4, -0.2) is 78.7 Å². The third-order valence-electron chi connectivity index (χ3n) is 7.39. The maximum atomic E-state index is 13.2. The van der Waals surface area contributed by atoms with Crippen LogP contribution < -0.4 is 26.4 Å². The van der Waals surface area contributed by atoms with Gasteiger partial charge in [0.25, 0.3) is 0 Å². The second-order valence-corrected chi connectivity index (χ2v) is 12.2. The summed E-state index contributed by atoms with van der Waals surface area (Å²) >= 11 is 6.19. The molecule has 38 heavy (non-hydrogen) atoms. The predicted molar refractivity (Wildman–Crippen MR) is 149 cm³/mol. The Labute approximate surface area is 231 Å². The minimum absolute atomic E-state index is 0.0669. The molecule has 0 aromatic heterocycles. The molecule has 3 atom stereocenters. The minimum atomic E-state index is -0.978. The van der Waals surface area contributed by atoms with Crippen molar-refractivity contribution in [3.05, 3.63) is 23.2 Å². The second-order valence-electron chi connectivity index (χ2n) is 11.8. The number of aliphatic hydroxyl groups is 1. The molecule has 1 fully saturated rings. The van der Waals surface area contributed by atoms with Crippen LogP contribution in [0.2, 0.25) is 5.02 Å². The van der Waals surface area contributed by atoms with Crippen molar-refractivity contribution in [1.29, 1.82) is 0 Å². The molecule has 6 N–H and O–H groups in total. The molecule has 1 saturated heterocycles. The number of hydrogen-bond donors (Lipinski definition) is 4. The Hall–Kier alpha value is -2.40. The van der Waals surface area contributed by atoms with E-state index in [1.807, 2.05) is 32.6 Å². The van der Waals surface area contributed by atoms with Gasteiger partial charge in [0, 0.05) is 42.2 Å². The first-order chi connectivity index (χ1) is 17.5.